The molecule has 0 N–H and O–H groups in total. The molecule has 0 aromatic heterocycles. The highest BCUT2D eigenvalue weighted by Gasteiger charge is 2.02. The Morgan fingerprint density at radius 3 is 2.62 bits per heavy atom. The Morgan fingerprint density at radius 2 is 1.90 bits per heavy atom. The Kier molecular flexibility index (Phi) is 4.81. The predicted molar refractivity (Wildman–Crippen MR) is 84.3 cm³/mol. The van der Waals surface area contributed by atoms with Gasteiger partial charge in [-0.2, -0.15) is 0 Å². The van der Waals surface area contributed by atoms with Crippen molar-refractivity contribution in [1.29, 1.82) is 0 Å². The van der Waals surface area contributed by atoms with E-state index in [4.69, 9.17) is 9.47 Å². The minimum Gasteiger partial charge on any atom is -0.497 e. The predicted octanol–water partition coefficient (Wildman–Crippen LogP) is 3.97. The molecule has 0 aliphatic rings. The van der Waals surface area contributed by atoms with Crippen LogP contribution in [0, 0.1) is 0 Å². The number of hydrogen-bond acceptors (Lipinski definition) is 3. The van der Waals surface area contributed by atoms with Crippen molar-refractivity contribution in [2.45, 2.75) is 13.8 Å². The monoisotopic (exact) mass is 282 g/mol. The number of carbonyl (C=O) groups is 1. The van der Waals surface area contributed by atoms with Crippen LogP contribution in [-0.4, -0.2) is 19.7 Å². The molecule has 0 saturated heterocycles. The zero-order valence-corrected chi connectivity index (χ0v) is 12.5. The molecule has 0 spiro atoms. The van der Waals surface area contributed by atoms with E-state index in [1.54, 1.807) is 27.0 Å². The Labute approximate surface area is 124 Å². The number of methoxy groups -OCH3 is 1. The molecule has 2 rings (SSSR count). The minimum absolute atomic E-state index is 0.334. The van der Waals surface area contributed by atoms with E-state index < -0.39 is 0 Å². The van der Waals surface area contributed by atoms with Crippen molar-refractivity contribution < 1.29 is 14.3 Å². The highest BCUT2D eigenvalue weighted by molar-refractivity contribution is 5.89. The Balaban J connectivity index is 2.31. The number of carbonyl (C=O) groups excluding carboxylic acids is 1. The zero-order chi connectivity index (χ0) is 15.2. The van der Waals surface area contributed by atoms with Gasteiger partial charge in [0, 0.05) is 0 Å². The van der Waals surface area contributed by atoms with Gasteiger partial charge in [-0.1, -0.05) is 18.2 Å². The molecule has 0 radical (unpaired) electrons. The molecule has 0 aliphatic heterocycles. The van der Waals surface area contributed by atoms with E-state index in [0.29, 0.717) is 12.2 Å². The van der Waals surface area contributed by atoms with Crippen molar-refractivity contribution in [3.63, 3.8) is 0 Å². The molecule has 0 unspecified atom stereocenters. The number of hydrogen-bond donors (Lipinski definition) is 0. The summed E-state index contributed by atoms with van der Waals surface area (Å²) in [7, 11) is 1.65. The summed E-state index contributed by atoms with van der Waals surface area (Å²) in [5, 5.41) is 2.22. The normalized spacial score (nSPS) is 9.86. The van der Waals surface area contributed by atoms with Crippen LogP contribution in [0.15, 0.2) is 47.7 Å². The van der Waals surface area contributed by atoms with Gasteiger partial charge in [-0.25, -0.2) is 4.79 Å². The number of benzene rings is 2. The first-order valence-electron chi connectivity index (χ1n) is 6.82. The highest BCUT2D eigenvalue weighted by Crippen LogP contribution is 2.22. The Morgan fingerprint density at radius 1 is 1.19 bits per heavy atom. The fourth-order valence-electron chi connectivity index (χ4n) is 1.95. The summed E-state index contributed by atoms with van der Waals surface area (Å²) in [6.45, 7) is 3.85. The van der Waals surface area contributed by atoms with Gasteiger partial charge in [-0.3, -0.25) is 0 Å². The molecular weight excluding hydrogens is 264 g/mol. The Bertz CT molecular complexity index is 722. The molecule has 2 aromatic rings. The molecule has 0 atom stereocenters. The van der Waals surface area contributed by atoms with Gasteiger partial charge in [0.2, 0.25) is 0 Å². The lowest BCUT2D eigenvalue weighted by molar-refractivity contribution is -0.138. The standard InChI is InChI=1S/C18H18O3/c1-4-21-18(19)13(2)5-6-14-7-8-16-12-17(20-3)10-9-15(16)11-14/h6-12H,4H2,1-3H3. The van der Waals surface area contributed by atoms with Gasteiger partial charge < -0.3 is 9.47 Å². The van der Waals surface area contributed by atoms with Crippen molar-refractivity contribution in [3.05, 3.63) is 53.3 Å². The smallest absolute Gasteiger partial charge is 0.341 e. The quantitative estimate of drug-likeness (QED) is 0.483. The molecular formula is C18H18O3. The maximum atomic E-state index is 11.5. The summed E-state index contributed by atoms with van der Waals surface area (Å²) in [4.78, 5) is 11.5. The molecule has 3 heteroatoms. The van der Waals surface area contributed by atoms with Crippen molar-refractivity contribution in [2.24, 2.45) is 0 Å². The van der Waals surface area contributed by atoms with Gasteiger partial charge >= 0.3 is 5.97 Å². The van der Waals surface area contributed by atoms with E-state index >= 15 is 0 Å². The molecule has 108 valence electrons. The largest absolute Gasteiger partial charge is 0.497 e. The maximum Gasteiger partial charge on any atom is 0.341 e. The highest BCUT2D eigenvalue weighted by atomic mass is 16.5. The van der Waals surface area contributed by atoms with Gasteiger partial charge in [0.1, 0.15) is 5.75 Å². The first-order valence-corrected chi connectivity index (χ1v) is 6.82. The van der Waals surface area contributed by atoms with Crippen molar-refractivity contribution >= 4 is 22.8 Å². The van der Waals surface area contributed by atoms with E-state index in [2.05, 4.69) is 5.73 Å². The molecule has 0 heterocycles. The van der Waals surface area contributed by atoms with Crippen LogP contribution in [0.5, 0.6) is 5.75 Å². The van der Waals surface area contributed by atoms with Crippen LogP contribution in [0.25, 0.3) is 16.8 Å². The van der Waals surface area contributed by atoms with Gasteiger partial charge in [0.05, 0.1) is 19.3 Å². The lowest BCUT2D eigenvalue weighted by atomic mass is 10.1. The molecule has 2 aromatic carbocycles. The molecule has 0 amide bonds. The van der Waals surface area contributed by atoms with Crippen LogP contribution in [-0.2, 0) is 9.53 Å². The van der Waals surface area contributed by atoms with Gasteiger partial charge in [-0.15, -0.1) is 5.73 Å². The first-order chi connectivity index (χ1) is 10.1. The minimum atomic E-state index is -0.334. The second kappa shape index (κ2) is 6.78. The summed E-state index contributed by atoms with van der Waals surface area (Å²) in [5.41, 5.74) is 4.41. The van der Waals surface area contributed by atoms with E-state index in [0.717, 1.165) is 22.1 Å². The van der Waals surface area contributed by atoms with Crippen LogP contribution in [0.1, 0.15) is 19.4 Å². The molecule has 0 aliphatic carbocycles. The first kappa shape index (κ1) is 14.9. The van der Waals surface area contributed by atoms with Crippen LogP contribution in [0.4, 0.5) is 0 Å². The summed E-state index contributed by atoms with van der Waals surface area (Å²) in [6.07, 6.45) is 1.79. The fraction of sp³-hybridized carbons (Fsp3) is 0.222. The third-order valence-corrected chi connectivity index (χ3v) is 3.11. The van der Waals surface area contributed by atoms with E-state index in [1.165, 1.54) is 0 Å². The van der Waals surface area contributed by atoms with Crippen LogP contribution < -0.4 is 4.74 Å². The maximum absolute atomic E-state index is 11.5. The molecule has 0 bridgehead atoms. The average molecular weight is 282 g/mol. The summed E-state index contributed by atoms with van der Waals surface area (Å²) >= 11 is 0. The molecule has 3 nitrogen and oxygen atoms in total. The van der Waals surface area contributed by atoms with E-state index in [9.17, 15) is 4.79 Å². The van der Waals surface area contributed by atoms with Gasteiger partial charge in [-0.05, 0) is 54.5 Å². The summed E-state index contributed by atoms with van der Waals surface area (Å²) in [6, 6.07) is 12.0. The second-order valence-corrected chi connectivity index (χ2v) is 4.61. The number of esters is 1. The SMILES string of the molecule is CCOC(=O)C(C)=C=Cc1ccc2cc(OC)ccc2c1. The Hall–Kier alpha value is -2.51. The van der Waals surface area contributed by atoms with Crippen LogP contribution >= 0.6 is 0 Å². The van der Waals surface area contributed by atoms with Gasteiger partial charge in [0.25, 0.3) is 0 Å². The average Bonchev–Trinajstić information content (AvgIpc) is 2.52. The fourth-order valence-corrected chi connectivity index (χ4v) is 1.95. The third-order valence-electron chi connectivity index (χ3n) is 3.11. The number of ether oxygens (including phenoxy) is 2. The van der Waals surface area contributed by atoms with Crippen molar-refractivity contribution in [3.8, 4) is 5.75 Å². The third kappa shape index (κ3) is 3.74. The van der Waals surface area contributed by atoms with Crippen molar-refractivity contribution in [2.75, 3.05) is 13.7 Å². The van der Waals surface area contributed by atoms with E-state index in [-0.39, 0.29) is 5.97 Å². The lowest BCUT2D eigenvalue weighted by Gasteiger charge is -2.03. The lowest BCUT2D eigenvalue weighted by Crippen LogP contribution is -2.03. The molecule has 0 fully saturated rings. The number of fused-ring (bicyclic) bond motifs is 1. The second-order valence-electron chi connectivity index (χ2n) is 4.61. The van der Waals surface area contributed by atoms with Gasteiger partial charge in [0.15, 0.2) is 0 Å². The molecule has 0 saturated carbocycles. The zero-order valence-electron chi connectivity index (χ0n) is 12.5. The van der Waals surface area contributed by atoms with Crippen LogP contribution in [0.2, 0.25) is 0 Å². The number of rotatable bonds is 4. The summed E-state index contributed by atoms with van der Waals surface area (Å²) in [5.74, 6) is 0.503. The topological polar surface area (TPSA) is 35.5 Å². The van der Waals surface area contributed by atoms with Crippen LogP contribution in [0.3, 0.4) is 0 Å². The van der Waals surface area contributed by atoms with E-state index in [1.807, 2.05) is 36.4 Å². The van der Waals surface area contributed by atoms with Crippen molar-refractivity contribution in [1.82, 2.24) is 0 Å². The molecule has 21 heavy (non-hydrogen) atoms. The summed E-state index contributed by atoms with van der Waals surface area (Å²) < 4.78 is 10.1.